The number of primary sulfonamides is 1. The Kier molecular flexibility index (Phi) is 6.09. The molecule has 0 fully saturated rings. The van der Waals surface area contributed by atoms with E-state index < -0.39 is 10.0 Å². The van der Waals surface area contributed by atoms with Gasteiger partial charge in [-0.3, -0.25) is 0 Å². The van der Waals surface area contributed by atoms with Crippen LogP contribution in [0, 0.1) is 0 Å². The van der Waals surface area contributed by atoms with E-state index in [-0.39, 0.29) is 4.90 Å². The van der Waals surface area contributed by atoms with Crippen molar-refractivity contribution >= 4 is 34.3 Å². The van der Waals surface area contributed by atoms with Crippen LogP contribution in [0.25, 0.3) is 24.3 Å². The van der Waals surface area contributed by atoms with E-state index in [1.165, 1.54) is 12.1 Å². The van der Waals surface area contributed by atoms with Gasteiger partial charge in [0.1, 0.15) is 5.75 Å². The second-order valence-corrected chi connectivity index (χ2v) is 7.78. The monoisotopic (exact) mass is 391 g/mol. The van der Waals surface area contributed by atoms with Crippen molar-refractivity contribution in [2.24, 2.45) is 5.14 Å². The number of rotatable bonds is 6. The van der Waals surface area contributed by atoms with Gasteiger partial charge in [-0.2, -0.15) is 0 Å². The van der Waals surface area contributed by atoms with Gasteiger partial charge in [0.2, 0.25) is 10.0 Å². The van der Waals surface area contributed by atoms with Crippen LogP contribution in [-0.2, 0) is 10.0 Å². The summed E-state index contributed by atoms with van der Waals surface area (Å²) in [5.41, 5.74) is 4.16. The van der Waals surface area contributed by atoms with Crippen LogP contribution in [0.5, 0.6) is 5.75 Å². The Morgan fingerprint density at radius 2 is 0.964 bits per heavy atom. The summed E-state index contributed by atoms with van der Waals surface area (Å²) in [6, 6.07) is 22.5. The van der Waals surface area contributed by atoms with Crippen molar-refractivity contribution < 1.29 is 13.2 Å². The molecule has 0 spiro atoms. The van der Waals surface area contributed by atoms with Gasteiger partial charge in [0.25, 0.3) is 0 Å². The zero-order valence-corrected chi connectivity index (χ0v) is 16.3. The number of hydrogen-bond donors (Lipinski definition) is 1. The molecule has 2 N–H and O–H groups in total. The average molecular weight is 391 g/mol. The molecule has 0 amide bonds. The van der Waals surface area contributed by atoms with Crippen LogP contribution in [0.2, 0.25) is 0 Å². The number of nitrogens with two attached hydrogens (primary N) is 1. The van der Waals surface area contributed by atoms with Gasteiger partial charge in [0.05, 0.1) is 12.0 Å². The fourth-order valence-corrected chi connectivity index (χ4v) is 3.10. The molecule has 0 aromatic heterocycles. The van der Waals surface area contributed by atoms with Crippen molar-refractivity contribution in [3.63, 3.8) is 0 Å². The summed E-state index contributed by atoms with van der Waals surface area (Å²) in [5.74, 6) is 0.840. The van der Waals surface area contributed by atoms with Crippen molar-refractivity contribution in [3.8, 4) is 5.75 Å². The molecule has 3 aromatic rings. The Bertz CT molecular complexity index is 1080. The van der Waals surface area contributed by atoms with E-state index in [4.69, 9.17) is 9.88 Å². The first-order valence-electron chi connectivity index (χ1n) is 8.67. The highest BCUT2D eigenvalue weighted by molar-refractivity contribution is 7.89. The highest BCUT2D eigenvalue weighted by Crippen LogP contribution is 2.16. The van der Waals surface area contributed by atoms with E-state index in [2.05, 4.69) is 12.2 Å². The second-order valence-electron chi connectivity index (χ2n) is 6.22. The third kappa shape index (κ3) is 5.42. The molecule has 0 radical (unpaired) electrons. The van der Waals surface area contributed by atoms with Gasteiger partial charge >= 0.3 is 0 Å². The number of benzene rings is 3. The average Bonchev–Trinajstić information content (AvgIpc) is 2.71. The first-order chi connectivity index (χ1) is 13.4. The quantitative estimate of drug-likeness (QED) is 0.620. The first-order valence-corrected chi connectivity index (χ1v) is 10.2. The zero-order valence-electron chi connectivity index (χ0n) is 15.4. The molecule has 142 valence electrons. The Morgan fingerprint density at radius 3 is 1.29 bits per heavy atom. The number of methoxy groups -OCH3 is 1. The maximum atomic E-state index is 11.3. The van der Waals surface area contributed by atoms with Crippen LogP contribution < -0.4 is 9.88 Å². The lowest BCUT2D eigenvalue weighted by Crippen LogP contribution is -2.11. The van der Waals surface area contributed by atoms with Crippen LogP contribution in [0.15, 0.2) is 77.7 Å². The van der Waals surface area contributed by atoms with Crippen molar-refractivity contribution in [1.82, 2.24) is 0 Å². The van der Waals surface area contributed by atoms with Crippen molar-refractivity contribution in [3.05, 3.63) is 95.1 Å². The highest BCUT2D eigenvalue weighted by atomic mass is 32.2. The van der Waals surface area contributed by atoms with Gasteiger partial charge in [0.15, 0.2) is 0 Å². The normalized spacial score (nSPS) is 11.9. The van der Waals surface area contributed by atoms with E-state index in [1.807, 2.05) is 60.7 Å². The summed E-state index contributed by atoms with van der Waals surface area (Å²) in [6.07, 6.45) is 8.01. The molecule has 0 aliphatic rings. The van der Waals surface area contributed by atoms with Crippen LogP contribution in [0.1, 0.15) is 22.3 Å². The summed E-state index contributed by atoms with van der Waals surface area (Å²) in [7, 11) is -2.00. The lowest BCUT2D eigenvalue weighted by atomic mass is 10.1. The van der Waals surface area contributed by atoms with Crippen LogP contribution in [0.4, 0.5) is 0 Å². The predicted octanol–water partition coefficient (Wildman–Crippen LogP) is 4.68. The number of hydrogen-bond acceptors (Lipinski definition) is 3. The first kappa shape index (κ1) is 19.6. The molecule has 4 nitrogen and oxygen atoms in total. The maximum absolute atomic E-state index is 11.3. The van der Waals surface area contributed by atoms with Crippen LogP contribution in [-0.4, -0.2) is 15.5 Å². The summed E-state index contributed by atoms with van der Waals surface area (Å²) < 4.78 is 27.7. The molecule has 0 bridgehead atoms. The fourth-order valence-electron chi connectivity index (χ4n) is 2.59. The van der Waals surface area contributed by atoms with Gasteiger partial charge in [-0.05, 0) is 46.5 Å². The lowest BCUT2D eigenvalue weighted by molar-refractivity contribution is 0.415. The minimum Gasteiger partial charge on any atom is -0.497 e. The molecule has 3 rings (SSSR count). The molecule has 0 saturated carbocycles. The zero-order chi connectivity index (χ0) is 20.0. The molecular formula is C23H21NO3S. The third-order valence-corrected chi connectivity index (χ3v) is 5.13. The predicted molar refractivity (Wildman–Crippen MR) is 115 cm³/mol. The SMILES string of the molecule is COc1ccc(/C=C/c2ccc(/C=C/c3ccc(S(N)(=O)=O)cc3)cc2)cc1. The van der Waals surface area contributed by atoms with Gasteiger partial charge in [-0.1, -0.05) is 72.8 Å². The van der Waals surface area contributed by atoms with Crippen molar-refractivity contribution in [2.75, 3.05) is 7.11 Å². The largest absolute Gasteiger partial charge is 0.497 e. The summed E-state index contributed by atoms with van der Waals surface area (Å²) in [4.78, 5) is 0.109. The molecule has 0 heterocycles. The number of ether oxygens (including phenoxy) is 1. The lowest BCUT2D eigenvalue weighted by Gasteiger charge is -2.00. The smallest absolute Gasteiger partial charge is 0.238 e. The fraction of sp³-hybridized carbons (Fsp3) is 0.0435. The molecule has 0 saturated heterocycles. The van der Waals surface area contributed by atoms with Gasteiger partial charge in [-0.25, -0.2) is 13.6 Å². The Morgan fingerprint density at radius 1 is 0.643 bits per heavy atom. The van der Waals surface area contributed by atoms with Gasteiger partial charge in [0, 0.05) is 0 Å². The molecule has 0 unspecified atom stereocenters. The van der Waals surface area contributed by atoms with Crippen molar-refractivity contribution in [2.45, 2.75) is 4.90 Å². The Labute approximate surface area is 165 Å². The number of sulfonamides is 1. The highest BCUT2D eigenvalue weighted by Gasteiger charge is 2.05. The molecule has 0 atom stereocenters. The molecule has 3 aromatic carbocycles. The molecular weight excluding hydrogens is 370 g/mol. The van der Waals surface area contributed by atoms with E-state index in [0.29, 0.717) is 0 Å². The Hall–Kier alpha value is -3.15. The summed E-state index contributed by atoms with van der Waals surface area (Å²) in [6.45, 7) is 0. The minimum absolute atomic E-state index is 0.109. The minimum atomic E-state index is -3.66. The molecule has 28 heavy (non-hydrogen) atoms. The maximum Gasteiger partial charge on any atom is 0.238 e. The van der Waals surface area contributed by atoms with Crippen molar-refractivity contribution in [1.29, 1.82) is 0 Å². The topological polar surface area (TPSA) is 69.4 Å². The Balaban J connectivity index is 1.65. The van der Waals surface area contributed by atoms with E-state index in [1.54, 1.807) is 19.2 Å². The molecule has 0 aliphatic carbocycles. The van der Waals surface area contributed by atoms with E-state index in [0.717, 1.165) is 28.0 Å². The summed E-state index contributed by atoms with van der Waals surface area (Å²) >= 11 is 0. The third-order valence-electron chi connectivity index (χ3n) is 4.20. The molecule has 5 heteroatoms. The van der Waals surface area contributed by atoms with E-state index in [9.17, 15) is 8.42 Å². The van der Waals surface area contributed by atoms with Crippen LogP contribution in [0.3, 0.4) is 0 Å². The molecule has 0 aliphatic heterocycles. The van der Waals surface area contributed by atoms with E-state index >= 15 is 0 Å². The van der Waals surface area contributed by atoms with Gasteiger partial charge < -0.3 is 4.74 Å². The van der Waals surface area contributed by atoms with Gasteiger partial charge in [-0.15, -0.1) is 0 Å². The second kappa shape index (κ2) is 8.69. The standard InChI is InChI=1S/C23H21NO3S/c1-27-22-14-10-20(11-15-22)8-6-18-2-4-19(5-3-18)7-9-21-12-16-23(17-13-21)28(24,25)26/h2-17H,1H3,(H2,24,25,26)/b8-6+,9-7+. The summed E-state index contributed by atoms with van der Waals surface area (Å²) in [5, 5.41) is 5.10. The van der Waals surface area contributed by atoms with Crippen LogP contribution >= 0.6 is 0 Å².